The van der Waals surface area contributed by atoms with Gasteiger partial charge in [-0.15, -0.1) is 0 Å². The van der Waals surface area contributed by atoms with E-state index in [0.29, 0.717) is 6.54 Å². The second-order valence-electron chi connectivity index (χ2n) is 3.89. The van der Waals surface area contributed by atoms with Gasteiger partial charge in [-0.3, -0.25) is 0 Å². The highest BCUT2D eigenvalue weighted by atomic mass is 31.1. The van der Waals surface area contributed by atoms with Crippen molar-refractivity contribution in [1.29, 1.82) is 0 Å². The average molecular weight is 223 g/mol. The summed E-state index contributed by atoms with van der Waals surface area (Å²) in [7, 11) is 0.973. The van der Waals surface area contributed by atoms with Crippen LogP contribution in [0, 0.1) is 0 Å². The Balaban J connectivity index is 2.20. The Labute approximate surface area is 95.2 Å². The minimum Gasteiger partial charge on any atom is -0.326 e. The van der Waals surface area contributed by atoms with Crippen LogP contribution in [0.2, 0.25) is 0 Å². The Morgan fingerprint density at radius 2 is 1.80 bits per heavy atom. The van der Waals surface area contributed by atoms with Crippen LogP contribution in [0.25, 0.3) is 0 Å². The monoisotopic (exact) mass is 223 g/mol. The Morgan fingerprint density at radius 1 is 1.07 bits per heavy atom. The quantitative estimate of drug-likeness (QED) is 0.558. The Hall–Kier alpha value is -0.390. The first-order chi connectivity index (χ1) is 7.36. The van der Waals surface area contributed by atoms with Crippen molar-refractivity contribution in [3.63, 3.8) is 0 Å². The summed E-state index contributed by atoms with van der Waals surface area (Å²) in [4.78, 5) is 0. The first-order valence-corrected chi connectivity index (χ1v) is 7.10. The summed E-state index contributed by atoms with van der Waals surface area (Å²) < 4.78 is 0. The van der Waals surface area contributed by atoms with Crippen LogP contribution >= 0.6 is 8.58 Å². The second kappa shape index (κ2) is 7.84. The third-order valence-electron chi connectivity index (χ3n) is 2.55. The van der Waals surface area contributed by atoms with Crippen LogP contribution in [-0.2, 0) is 6.54 Å². The zero-order valence-corrected chi connectivity index (χ0v) is 10.6. The van der Waals surface area contributed by atoms with Gasteiger partial charge in [0.25, 0.3) is 0 Å². The molecule has 0 aliphatic heterocycles. The first kappa shape index (κ1) is 12.7. The van der Waals surface area contributed by atoms with Crippen LogP contribution in [0.15, 0.2) is 24.3 Å². The van der Waals surface area contributed by atoms with Gasteiger partial charge < -0.3 is 5.73 Å². The lowest BCUT2D eigenvalue weighted by Gasteiger charge is -2.03. The summed E-state index contributed by atoms with van der Waals surface area (Å²) in [5.74, 6) is 0. The van der Waals surface area contributed by atoms with E-state index in [-0.39, 0.29) is 0 Å². The normalized spacial score (nSPS) is 11.3. The maximum absolute atomic E-state index is 5.56. The van der Waals surface area contributed by atoms with Crippen molar-refractivity contribution in [3.8, 4) is 0 Å². The minimum atomic E-state index is 0.653. The van der Waals surface area contributed by atoms with Crippen molar-refractivity contribution in [3.05, 3.63) is 29.8 Å². The fraction of sp³-hybridized carbons (Fsp3) is 0.538. The number of benzene rings is 1. The molecule has 0 saturated carbocycles. The average Bonchev–Trinajstić information content (AvgIpc) is 2.30. The molecule has 1 atom stereocenters. The molecule has 84 valence electrons. The maximum atomic E-state index is 5.56. The van der Waals surface area contributed by atoms with E-state index in [1.807, 2.05) is 0 Å². The number of hydrogen-bond acceptors (Lipinski definition) is 1. The van der Waals surface area contributed by atoms with Crippen molar-refractivity contribution in [2.45, 2.75) is 39.2 Å². The van der Waals surface area contributed by atoms with Gasteiger partial charge in [-0.05, 0) is 23.5 Å². The Kier molecular flexibility index (Phi) is 6.63. The molecule has 0 fully saturated rings. The topological polar surface area (TPSA) is 26.0 Å². The maximum Gasteiger partial charge on any atom is 0.0178 e. The standard InChI is InChI=1S/C13H22NP/c1-2-3-4-5-10-15-13-8-6-12(11-14)7-9-13/h6-9,15H,2-5,10-11,14H2,1H3. The zero-order chi connectivity index (χ0) is 10.9. The lowest BCUT2D eigenvalue weighted by Crippen LogP contribution is -2.00. The van der Waals surface area contributed by atoms with Crippen molar-refractivity contribution in [1.82, 2.24) is 0 Å². The van der Waals surface area contributed by atoms with Crippen LogP contribution in [0.1, 0.15) is 38.2 Å². The zero-order valence-electron chi connectivity index (χ0n) is 9.63. The van der Waals surface area contributed by atoms with Crippen LogP contribution < -0.4 is 11.0 Å². The van der Waals surface area contributed by atoms with E-state index in [4.69, 9.17) is 5.73 Å². The van der Waals surface area contributed by atoms with Crippen LogP contribution in [0.4, 0.5) is 0 Å². The van der Waals surface area contributed by atoms with Gasteiger partial charge in [-0.2, -0.15) is 0 Å². The molecule has 0 bridgehead atoms. The highest BCUT2D eigenvalue weighted by molar-refractivity contribution is 7.47. The van der Waals surface area contributed by atoms with Crippen LogP contribution in [0.5, 0.6) is 0 Å². The molecule has 15 heavy (non-hydrogen) atoms. The first-order valence-electron chi connectivity index (χ1n) is 5.89. The van der Waals surface area contributed by atoms with E-state index in [1.165, 1.54) is 42.7 Å². The van der Waals surface area contributed by atoms with E-state index >= 15 is 0 Å². The van der Waals surface area contributed by atoms with E-state index in [1.54, 1.807) is 0 Å². The molecule has 1 rings (SSSR count). The number of rotatable bonds is 7. The highest BCUT2D eigenvalue weighted by Crippen LogP contribution is 2.14. The number of unbranched alkanes of at least 4 members (excludes halogenated alkanes) is 3. The van der Waals surface area contributed by atoms with Gasteiger partial charge >= 0.3 is 0 Å². The molecule has 1 aromatic carbocycles. The van der Waals surface area contributed by atoms with Gasteiger partial charge in [0.1, 0.15) is 0 Å². The van der Waals surface area contributed by atoms with Gasteiger partial charge in [0.15, 0.2) is 0 Å². The van der Waals surface area contributed by atoms with Gasteiger partial charge in [0.2, 0.25) is 0 Å². The summed E-state index contributed by atoms with van der Waals surface area (Å²) in [6, 6.07) is 8.74. The van der Waals surface area contributed by atoms with Crippen LogP contribution in [0.3, 0.4) is 0 Å². The van der Waals surface area contributed by atoms with E-state index in [2.05, 4.69) is 31.2 Å². The Bertz CT molecular complexity index is 256. The SMILES string of the molecule is CCCCCCPc1ccc(CN)cc1. The third kappa shape index (κ3) is 5.30. The van der Waals surface area contributed by atoms with Crippen molar-refractivity contribution in [2.24, 2.45) is 5.73 Å². The molecule has 0 heterocycles. The molecule has 0 aromatic heterocycles. The van der Waals surface area contributed by atoms with Crippen molar-refractivity contribution >= 4 is 13.9 Å². The third-order valence-corrected chi connectivity index (χ3v) is 3.89. The van der Waals surface area contributed by atoms with E-state index in [0.717, 1.165) is 8.58 Å². The van der Waals surface area contributed by atoms with Gasteiger partial charge in [0, 0.05) is 6.54 Å². The lowest BCUT2D eigenvalue weighted by atomic mass is 10.2. The number of nitrogens with two attached hydrogens (primary N) is 1. The predicted molar refractivity (Wildman–Crippen MR) is 71.3 cm³/mol. The van der Waals surface area contributed by atoms with Gasteiger partial charge in [-0.1, -0.05) is 59.0 Å². The molecule has 1 aromatic rings. The highest BCUT2D eigenvalue weighted by Gasteiger charge is 1.94. The molecular formula is C13H22NP. The van der Waals surface area contributed by atoms with Crippen molar-refractivity contribution < 1.29 is 0 Å². The molecule has 2 heteroatoms. The molecule has 0 amide bonds. The molecule has 0 spiro atoms. The fourth-order valence-corrected chi connectivity index (χ4v) is 2.66. The molecular weight excluding hydrogens is 201 g/mol. The predicted octanol–water partition coefficient (Wildman–Crippen LogP) is 3.03. The second-order valence-corrected chi connectivity index (χ2v) is 5.32. The van der Waals surface area contributed by atoms with Crippen LogP contribution in [-0.4, -0.2) is 6.16 Å². The van der Waals surface area contributed by atoms with Crippen molar-refractivity contribution in [2.75, 3.05) is 6.16 Å². The van der Waals surface area contributed by atoms with Gasteiger partial charge in [0.05, 0.1) is 0 Å². The van der Waals surface area contributed by atoms with E-state index < -0.39 is 0 Å². The fourth-order valence-electron chi connectivity index (χ4n) is 1.54. The minimum absolute atomic E-state index is 0.653. The summed E-state index contributed by atoms with van der Waals surface area (Å²) in [5.41, 5.74) is 6.79. The van der Waals surface area contributed by atoms with E-state index in [9.17, 15) is 0 Å². The number of hydrogen-bond donors (Lipinski definition) is 1. The molecule has 0 saturated heterocycles. The molecule has 0 aliphatic rings. The largest absolute Gasteiger partial charge is 0.326 e. The van der Waals surface area contributed by atoms with Gasteiger partial charge in [-0.25, -0.2) is 0 Å². The molecule has 0 radical (unpaired) electrons. The lowest BCUT2D eigenvalue weighted by molar-refractivity contribution is 0.706. The smallest absolute Gasteiger partial charge is 0.0178 e. The molecule has 0 aliphatic carbocycles. The Morgan fingerprint density at radius 3 is 2.40 bits per heavy atom. The molecule has 1 unspecified atom stereocenters. The molecule has 2 N–H and O–H groups in total. The summed E-state index contributed by atoms with van der Waals surface area (Å²) in [6.45, 7) is 2.91. The molecule has 1 nitrogen and oxygen atoms in total. The summed E-state index contributed by atoms with van der Waals surface area (Å²) in [6.07, 6.45) is 6.84. The summed E-state index contributed by atoms with van der Waals surface area (Å²) >= 11 is 0. The summed E-state index contributed by atoms with van der Waals surface area (Å²) in [5, 5.41) is 1.48.